The van der Waals surface area contributed by atoms with Crippen LogP contribution in [0.1, 0.15) is 39.2 Å². The fraction of sp³-hybridized carbons (Fsp3) is 0.391. The maximum absolute atomic E-state index is 13.0. The van der Waals surface area contributed by atoms with E-state index in [1.165, 1.54) is 0 Å². The number of nitrogens with zero attached hydrogens (tertiary/aromatic N) is 1. The molecular formula is C23H27Cl3N2O3. The number of carbonyl (C=O) groups is 2. The minimum Gasteiger partial charge on any atom is -0.494 e. The molecule has 0 aliphatic rings. The highest BCUT2D eigenvalue weighted by Crippen LogP contribution is 2.24. The van der Waals surface area contributed by atoms with Crippen molar-refractivity contribution >= 4 is 46.6 Å². The summed E-state index contributed by atoms with van der Waals surface area (Å²) in [7, 11) is 0. The molecule has 0 heterocycles. The quantitative estimate of drug-likeness (QED) is 0.436. The van der Waals surface area contributed by atoms with Crippen molar-refractivity contribution in [2.45, 2.75) is 52.2 Å². The molecule has 168 valence electrons. The Morgan fingerprint density at radius 1 is 1.00 bits per heavy atom. The van der Waals surface area contributed by atoms with Crippen molar-refractivity contribution in [3.8, 4) is 5.75 Å². The first kappa shape index (κ1) is 25.3. The van der Waals surface area contributed by atoms with Crippen molar-refractivity contribution in [1.29, 1.82) is 0 Å². The van der Waals surface area contributed by atoms with Gasteiger partial charge in [0.05, 0.1) is 16.7 Å². The number of carbonyl (C=O) groups excluding carboxylic acids is 2. The molecule has 31 heavy (non-hydrogen) atoms. The summed E-state index contributed by atoms with van der Waals surface area (Å²) < 4.78 is 5.66. The van der Waals surface area contributed by atoms with Crippen LogP contribution in [-0.2, 0) is 16.1 Å². The molecule has 5 nitrogen and oxygen atoms in total. The Hall–Kier alpha value is -1.95. The number of nitrogens with one attached hydrogen (secondary N) is 1. The topological polar surface area (TPSA) is 58.6 Å². The first-order valence-corrected chi connectivity index (χ1v) is 11.2. The van der Waals surface area contributed by atoms with E-state index in [2.05, 4.69) is 5.32 Å². The second kappa shape index (κ2) is 12.2. The smallest absolute Gasteiger partial charge is 0.242 e. The normalized spacial score (nSPS) is 11.8. The Morgan fingerprint density at radius 3 is 2.29 bits per heavy atom. The molecule has 0 spiro atoms. The number of benzene rings is 2. The summed E-state index contributed by atoms with van der Waals surface area (Å²) in [4.78, 5) is 27.1. The standard InChI is InChI=1S/C23H27Cl3N2O3/c1-15(2)27-23(30)16(3)28(14-17-6-11-20(25)21(26)13-17)22(29)5-4-12-31-19-9-7-18(24)8-10-19/h6-11,13,15-16H,4-5,12,14H2,1-3H3,(H,27,30). The number of rotatable bonds is 10. The lowest BCUT2D eigenvalue weighted by Crippen LogP contribution is -2.49. The lowest BCUT2D eigenvalue weighted by molar-refractivity contribution is -0.141. The number of hydrogen-bond acceptors (Lipinski definition) is 3. The molecule has 0 fully saturated rings. The summed E-state index contributed by atoms with van der Waals surface area (Å²) in [5, 5.41) is 4.34. The molecule has 0 bridgehead atoms. The summed E-state index contributed by atoms with van der Waals surface area (Å²) in [5.41, 5.74) is 0.796. The number of amides is 2. The summed E-state index contributed by atoms with van der Waals surface area (Å²) in [5.74, 6) is 0.340. The van der Waals surface area contributed by atoms with E-state index in [1.807, 2.05) is 13.8 Å². The van der Waals surface area contributed by atoms with Crippen LogP contribution in [0.5, 0.6) is 5.75 Å². The van der Waals surface area contributed by atoms with Gasteiger partial charge >= 0.3 is 0 Å². The van der Waals surface area contributed by atoms with E-state index in [1.54, 1.807) is 54.3 Å². The summed E-state index contributed by atoms with van der Waals surface area (Å²) >= 11 is 18.0. The Bertz CT molecular complexity index is 888. The Kier molecular flexibility index (Phi) is 9.94. The lowest BCUT2D eigenvalue weighted by atomic mass is 10.1. The second-order valence-corrected chi connectivity index (χ2v) is 8.77. The molecule has 8 heteroatoms. The molecule has 2 amide bonds. The zero-order valence-corrected chi connectivity index (χ0v) is 20.1. The molecule has 1 N–H and O–H groups in total. The zero-order valence-electron chi connectivity index (χ0n) is 17.8. The highest BCUT2D eigenvalue weighted by Gasteiger charge is 2.26. The van der Waals surface area contributed by atoms with Crippen molar-refractivity contribution < 1.29 is 14.3 Å². The third-order valence-corrected chi connectivity index (χ3v) is 5.54. The van der Waals surface area contributed by atoms with Gasteiger partial charge in [-0.15, -0.1) is 0 Å². The van der Waals surface area contributed by atoms with Crippen molar-refractivity contribution in [1.82, 2.24) is 10.2 Å². The van der Waals surface area contributed by atoms with E-state index in [-0.39, 0.29) is 30.8 Å². The van der Waals surface area contributed by atoms with Crippen LogP contribution in [0.4, 0.5) is 0 Å². The Labute approximate surface area is 198 Å². The second-order valence-electron chi connectivity index (χ2n) is 7.52. The molecule has 2 aromatic rings. The van der Waals surface area contributed by atoms with Crippen LogP contribution in [0.15, 0.2) is 42.5 Å². The van der Waals surface area contributed by atoms with E-state index >= 15 is 0 Å². The zero-order chi connectivity index (χ0) is 23.0. The van der Waals surface area contributed by atoms with Gasteiger partial charge in [-0.1, -0.05) is 40.9 Å². The Morgan fingerprint density at radius 2 is 1.68 bits per heavy atom. The van der Waals surface area contributed by atoms with Gasteiger partial charge in [0, 0.05) is 24.0 Å². The molecule has 0 saturated heterocycles. The first-order chi connectivity index (χ1) is 14.7. The molecule has 0 saturated carbocycles. The highest BCUT2D eigenvalue weighted by molar-refractivity contribution is 6.42. The van der Waals surface area contributed by atoms with E-state index in [0.29, 0.717) is 33.8 Å². The van der Waals surface area contributed by atoms with E-state index in [0.717, 1.165) is 5.56 Å². The molecule has 0 aliphatic carbocycles. The average molecular weight is 486 g/mol. The Balaban J connectivity index is 2.02. The molecular weight excluding hydrogens is 459 g/mol. The SMILES string of the molecule is CC(C)NC(=O)C(C)N(Cc1ccc(Cl)c(Cl)c1)C(=O)CCCOc1ccc(Cl)cc1. The predicted octanol–water partition coefficient (Wildman–Crippen LogP) is 5.75. The van der Waals surface area contributed by atoms with E-state index < -0.39 is 6.04 Å². The summed E-state index contributed by atoms with van der Waals surface area (Å²) in [6.45, 7) is 6.10. The number of halogens is 3. The van der Waals surface area contributed by atoms with Gasteiger partial charge in [0.2, 0.25) is 11.8 Å². The highest BCUT2D eigenvalue weighted by atomic mass is 35.5. The third-order valence-electron chi connectivity index (χ3n) is 4.55. The summed E-state index contributed by atoms with van der Waals surface area (Å²) in [6, 6.07) is 11.6. The van der Waals surface area contributed by atoms with Gasteiger partial charge in [-0.3, -0.25) is 9.59 Å². The average Bonchev–Trinajstić information content (AvgIpc) is 2.72. The fourth-order valence-electron chi connectivity index (χ4n) is 2.91. The maximum Gasteiger partial charge on any atom is 0.242 e. The largest absolute Gasteiger partial charge is 0.494 e. The van der Waals surface area contributed by atoms with Crippen molar-refractivity contribution in [2.24, 2.45) is 0 Å². The van der Waals surface area contributed by atoms with Crippen molar-refractivity contribution in [2.75, 3.05) is 6.61 Å². The van der Waals surface area contributed by atoms with E-state index in [4.69, 9.17) is 39.5 Å². The molecule has 2 rings (SSSR count). The van der Waals surface area contributed by atoms with Gasteiger partial charge < -0.3 is 15.0 Å². The minimum absolute atomic E-state index is 0.0235. The predicted molar refractivity (Wildman–Crippen MR) is 126 cm³/mol. The fourth-order valence-corrected chi connectivity index (χ4v) is 3.36. The molecule has 0 radical (unpaired) electrons. The number of ether oxygens (including phenoxy) is 1. The van der Waals surface area contributed by atoms with Crippen LogP contribution < -0.4 is 10.1 Å². The molecule has 1 unspecified atom stereocenters. The molecule has 0 aliphatic heterocycles. The van der Waals surface area contributed by atoms with Crippen LogP contribution in [0.25, 0.3) is 0 Å². The lowest BCUT2D eigenvalue weighted by Gasteiger charge is -2.29. The van der Waals surface area contributed by atoms with Crippen molar-refractivity contribution in [3.63, 3.8) is 0 Å². The van der Waals surface area contributed by atoms with Crippen LogP contribution in [0.2, 0.25) is 15.1 Å². The third kappa shape index (κ3) is 8.24. The van der Waals surface area contributed by atoms with Gasteiger partial charge in [-0.25, -0.2) is 0 Å². The molecule has 1 atom stereocenters. The van der Waals surface area contributed by atoms with Crippen molar-refractivity contribution in [3.05, 3.63) is 63.1 Å². The first-order valence-electron chi connectivity index (χ1n) is 10.1. The maximum atomic E-state index is 13.0. The molecule has 2 aromatic carbocycles. The number of hydrogen-bond donors (Lipinski definition) is 1. The van der Waals surface area contributed by atoms with Crippen LogP contribution in [0.3, 0.4) is 0 Å². The van der Waals surface area contributed by atoms with Gasteiger partial charge in [-0.2, -0.15) is 0 Å². The monoisotopic (exact) mass is 484 g/mol. The minimum atomic E-state index is -0.637. The molecule has 0 aromatic heterocycles. The van der Waals surface area contributed by atoms with Gasteiger partial charge in [-0.05, 0) is 69.2 Å². The summed E-state index contributed by atoms with van der Waals surface area (Å²) in [6.07, 6.45) is 0.756. The van der Waals surface area contributed by atoms with Crippen LogP contribution >= 0.6 is 34.8 Å². The van der Waals surface area contributed by atoms with Crippen LogP contribution in [0, 0.1) is 0 Å². The van der Waals surface area contributed by atoms with Crippen LogP contribution in [-0.4, -0.2) is 35.4 Å². The van der Waals surface area contributed by atoms with Gasteiger partial charge in [0.15, 0.2) is 0 Å². The van der Waals surface area contributed by atoms with E-state index in [9.17, 15) is 9.59 Å². The van der Waals surface area contributed by atoms with Gasteiger partial charge in [0.1, 0.15) is 11.8 Å². The van der Waals surface area contributed by atoms with Gasteiger partial charge in [0.25, 0.3) is 0 Å².